The molecule has 6 rings (SSSR count). The summed E-state index contributed by atoms with van der Waals surface area (Å²) in [6.07, 6.45) is 2.31. The van der Waals surface area contributed by atoms with Crippen LogP contribution in [0.2, 0.25) is 13.1 Å². The zero-order valence-corrected chi connectivity index (χ0v) is 37.4. The number of hydrogen-bond donors (Lipinski definition) is 0. The minimum absolute atomic E-state index is 0.697. The fourth-order valence-electron chi connectivity index (χ4n) is 6.88. The van der Waals surface area contributed by atoms with Gasteiger partial charge in [0.2, 0.25) is 0 Å². The van der Waals surface area contributed by atoms with Gasteiger partial charge in [0.15, 0.2) is 0 Å². The van der Waals surface area contributed by atoms with Crippen molar-refractivity contribution in [2.24, 2.45) is 11.8 Å². The normalized spacial score (nSPS) is 10.7. The number of benzene rings is 4. The van der Waals surface area contributed by atoms with Crippen LogP contribution >= 0.6 is 17.0 Å². The molecule has 0 amide bonds. The molecule has 4 heteroatoms. The second-order valence-corrected chi connectivity index (χ2v) is 19.4. The van der Waals surface area contributed by atoms with Crippen LogP contribution < -0.4 is 0 Å². The molecule has 2 radical (unpaired) electrons. The third-order valence-corrected chi connectivity index (χ3v) is 9.11. The molecule has 0 unspecified atom stereocenters. The summed E-state index contributed by atoms with van der Waals surface area (Å²) in [5.41, 5.74) is 16.6. The Morgan fingerprint density at radius 1 is 0.560 bits per heavy atom. The van der Waals surface area contributed by atoms with E-state index in [1.165, 1.54) is 88.3 Å². The van der Waals surface area contributed by atoms with Gasteiger partial charge in [0, 0.05) is 9.52 Å². The number of halogens is 2. The standard InChI is InChI=1S/2C22H25.C2H6Si.2ClH.Zr/c2*1-14(2)9-18-12-19-7-6-8-20(22(19)13-18)21-11-15(3)10-16(4)17(21)5;1-3-2;;;/h2*6-8,10-14H,9H2,1-5H3;1-2H3;2*1H;/q2*-1;;;;+4/p-2. The summed E-state index contributed by atoms with van der Waals surface area (Å²) in [5, 5.41) is 5.52. The van der Waals surface area contributed by atoms with Crippen molar-refractivity contribution < 1.29 is 20.8 Å². The fourth-order valence-corrected chi connectivity index (χ4v) is 6.88. The van der Waals surface area contributed by atoms with Gasteiger partial charge in [-0.25, -0.2) is 0 Å². The molecule has 50 heavy (non-hydrogen) atoms. The first-order valence-corrected chi connectivity index (χ1v) is 26.1. The predicted octanol–water partition coefficient (Wildman–Crippen LogP) is 14.9. The van der Waals surface area contributed by atoms with Crippen LogP contribution in [0.25, 0.3) is 43.8 Å². The molecule has 0 aliphatic rings. The van der Waals surface area contributed by atoms with Gasteiger partial charge in [-0.1, -0.05) is 99.4 Å². The second kappa shape index (κ2) is 20.1. The zero-order chi connectivity index (χ0) is 37.1. The van der Waals surface area contributed by atoms with Crippen molar-refractivity contribution in [3.63, 3.8) is 0 Å². The van der Waals surface area contributed by atoms with Crippen molar-refractivity contribution in [3.8, 4) is 22.3 Å². The van der Waals surface area contributed by atoms with Crippen LogP contribution in [0.15, 0.2) is 84.9 Å². The topological polar surface area (TPSA) is 0 Å². The number of aryl methyl sites for hydroxylation is 4. The Bertz CT molecular complexity index is 1830. The van der Waals surface area contributed by atoms with Crippen LogP contribution in [0.3, 0.4) is 0 Å². The average Bonchev–Trinajstić information content (AvgIpc) is 3.64. The van der Waals surface area contributed by atoms with Crippen molar-refractivity contribution in [1.82, 2.24) is 0 Å². The summed E-state index contributed by atoms with van der Waals surface area (Å²) in [6.45, 7) is 26.7. The SMILES string of the molecule is C[Si]C.Cc1cc(C)c(C)c(-c2cccc3[cH-]c(CC(C)C)cc23)c1.Cc1cc(C)c(C)c(-c2cccc3[cH-]c(CC(C)C)cc23)c1.[Cl][Zr+2][Cl]. The summed E-state index contributed by atoms with van der Waals surface area (Å²) in [4.78, 5) is 0. The third kappa shape index (κ3) is 11.4. The molecule has 0 spiro atoms. The van der Waals surface area contributed by atoms with E-state index in [0.29, 0.717) is 11.8 Å². The molecule has 0 saturated heterocycles. The first-order valence-electron chi connectivity index (χ1n) is 17.8. The summed E-state index contributed by atoms with van der Waals surface area (Å²) in [6, 6.07) is 32.1. The first-order chi connectivity index (χ1) is 23.7. The van der Waals surface area contributed by atoms with Crippen LogP contribution in [0.5, 0.6) is 0 Å². The van der Waals surface area contributed by atoms with Crippen molar-refractivity contribution in [1.29, 1.82) is 0 Å². The Hall–Kier alpha value is -2.22. The Kier molecular flexibility index (Phi) is 17.0. The van der Waals surface area contributed by atoms with Gasteiger partial charge in [-0.2, -0.15) is 12.1 Å². The van der Waals surface area contributed by atoms with E-state index in [0.717, 1.165) is 22.4 Å². The van der Waals surface area contributed by atoms with Crippen LogP contribution in [0.1, 0.15) is 72.2 Å². The minimum atomic E-state index is -0.826. The summed E-state index contributed by atoms with van der Waals surface area (Å²) in [5.74, 6) is 1.39. The molecule has 0 aromatic heterocycles. The fraction of sp³-hybridized carbons (Fsp3) is 0.348. The molecule has 0 atom stereocenters. The Balaban J connectivity index is 0.000000234. The molecule has 0 fully saturated rings. The van der Waals surface area contributed by atoms with E-state index in [1.807, 2.05) is 0 Å². The van der Waals surface area contributed by atoms with Crippen LogP contribution in [-0.4, -0.2) is 9.52 Å². The predicted molar refractivity (Wildman–Crippen MR) is 225 cm³/mol. The van der Waals surface area contributed by atoms with Crippen LogP contribution in [0, 0.1) is 53.4 Å². The summed E-state index contributed by atoms with van der Waals surface area (Å²) < 4.78 is 0. The van der Waals surface area contributed by atoms with Crippen molar-refractivity contribution in [3.05, 3.63) is 129 Å². The van der Waals surface area contributed by atoms with E-state index < -0.39 is 20.8 Å². The van der Waals surface area contributed by atoms with E-state index in [-0.39, 0.29) is 0 Å². The van der Waals surface area contributed by atoms with Gasteiger partial charge in [0.1, 0.15) is 0 Å². The molecule has 6 aromatic rings. The number of rotatable bonds is 6. The first kappa shape index (κ1) is 42.2. The van der Waals surface area contributed by atoms with Gasteiger partial charge in [-0.3, -0.25) is 0 Å². The second-order valence-electron chi connectivity index (χ2n) is 14.6. The quantitative estimate of drug-likeness (QED) is 0.116. The van der Waals surface area contributed by atoms with Crippen LogP contribution in [0.4, 0.5) is 0 Å². The maximum absolute atomic E-state index is 4.93. The molecule has 0 saturated carbocycles. The number of fused-ring (bicyclic) bond motifs is 2. The van der Waals surface area contributed by atoms with E-state index in [2.05, 4.69) is 167 Å². The molecule has 0 aliphatic carbocycles. The van der Waals surface area contributed by atoms with Gasteiger partial charge >= 0.3 is 37.9 Å². The number of hydrogen-bond acceptors (Lipinski definition) is 0. The third-order valence-electron chi connectivity index (χ3n) is 9.11. The van der Waals surface area contributed by atoms with E-state index in [9.17, 15) is 0 Å². The van der Waals surface area contributed by atoms with Gasteiger partial charge < -0.3 is 0 Å². The Morgan fingerprint density at radius 3 is 1.22 bits per heavy atom. The van der Waals surface area contributed by atoms with E-state index in [1.54, 1.807) is 0 Å². The van der Waals surface area contributed by atoms with Crippen molar-refractivity contribution in [2.45, 2.75) is 95.2 Å². The van der Waals surface area contributed by atoms with Gasteiger partial charge in [-0.15, -0.1) is 69.1 Å². The van der Waals surface area contributed by atoms with Gasteiger partial charge in [0.05, 0.1) is 0 Å². The van der Waals surface area contributed by atoms with Crippen molar-refractivity contribution >= 4 is 48.1 Å². The Morgan fingerprint density at radius 2 is 0.900 bits per heavy atom. The van der Waals surface area contributed by atoms with Crippen LogP contribution in [-0.2, 0) is 33.7 Å². The summed E-state index contributed by atoms with van der Waals surface area (Å²) >= 11 is -0.826. The molecule has 0 bridgehead atoms. The molecule has 0 aliphatic heterocycles. The van der Waals surface area contributed by atoms with Gasteiger partial charge in [-0.05, 0) is 99.6 Å². The van der Waals surface area contributed by atoms with E-state index in [4.69, 9.17) is 17.0 Å². The molecule has 262 valence electrons. The summed E-state index contributed by atoms with van der Waals surface area (Å²) in [7, 11) is 11.0. The molecular formula is C46H56Cl2SiZr. The van der Waals surface area contributed by atoms with Gasteiger partial charge in [0.25, 0.3) is 0 Å². The maximum atomic E-state index is 4.93. The molecule has 0 N–H and O–H groups in total. The van der Waals surface area contributed by atoms with E-state index >= 15 is 0 Å². The monoisotopic (exact) mass is 796 g/mol. The van der Waals surface area contributed by atoms with Crippen molar-refractivity contribution in [2.75, 3.05) is 0 Å². The molecular weight excluding hydrogens is 743 g/mol. The molecule has 0 nitrogen and oxygen atoms in total. The average molecular weight is 799 g/mol. The molecule has 6 aromatic carbocycles. The zero-order valence-electron chi connectivity index (χ0n) is 32.4. The Labute approximate surface area is 325 Å². The molecule has 0 heterocycles.